The molecular formula is C15H21N3O. The molecule has 4 heteroatoms. The van der Waals surface area contributed by atoms with E-state index in [2.05, 4.69) is 5.32 Å². The van der Waals surface area contributed by atoms with Crippen LogP contribution in [-0.2, 0) is 11.2 Å². The highest BCUT2D eigenvalue weighted by Crippen LogP contribution is 2.30. The summed E-state index contributed by atoms with van der Waals surface area (Å²) in [5.41, 5.74) is 8.87. The topological polar surface area (TPSA) is 58.4 Å². The summed E-state index contributed by atoms with van der Waals surface area (Å²) in [5, 5.41) is 3.49. The zero-order chi connectivity index (χ0) is 13.2. The van der Waals surface area contributed by atoms with Gasteiger partial charge in [0.15, 0.2) is 0 Å². The fourth-order valence-corrected chi connectivity index (χ4v) is 3.11. The molecule has 1 amide bonds. The predicted molar refractivity (Wildman–Crippen MR) is 77.2 cm³/mol. The van der Waals surface area contributed by atoms with Gasteiger partial charge in [-0.3, -0.25) is 4.79 Å². The van der Waals surface area contributed by atoms with Crippen LogP contribution >= 0.6 is 0 Å². The van der Waals surface area contributed by atoms with Crippen LogP contribution in [0.5, 0.6) is 0 Å². The molecular weight excluding hydrogens is 238 g/mol. The number of hydrogen-bond donors (Lipinski definition) is 2. The van der Waals surface area contributed by atoms with Crippen molar-refractivity contribution >= 4 is 17.3 Å². The third kappa shape index (κ3) is 2.59. The summed E-state index contributed by atoms with van der Waals surface area (Å²) in [6.07, 6.45) is 4.95. The van der Waals surface area contributed by atoms with Gasteiger partial charge >= 0.3 is 0 Å². The molecule has 0 radical (unpaired) electrons. The minimum absolute atomic E-state index is 0.246. The van der Waals surface area contributed by atoms with Crippen LogP contribution in [0.25, 0.3) is 0 Å². The van der Waals surface area contributed by atoms with Crippen molar-refractivity contribution in [2.45, 2.75) is 38.1 Å². The maximum Gasteiger partial charge on any atom is 0.227 e. The van der Waals surface area contributed by atoms with Crippen LogP contribution in [0.3, 0.4) is 0 Å². The van der Waals surface area contributed by atoms with E-state index in [1.807, 2.05) is 23.1 Å². The number of nitrogens with one attached hydrogen (secondary N) is 1. The molecule has 1 fully saturated rings. The molecule has 2 aliphatic heterocycles. The Labute approximate surface area is 114 Å². The van der Waals surface area contributed by atoms with Crippen LogP contribution < -0.4 is 16.0 Å². The molecule has 0 aromatic heterocycles. The summed E-state index contributed by atoms with van der Waals surface area (Å²) >= 11 is 0. The first kappa shape index (κ1) is 12.5. The number of carbonyl (C=O) groups excluding carboxylic acids is 1. The highest BCUT2D eigenvalue weighted by Gasteiger charge is 2.25. The fourth-order valence-electron chi connectivity index (χ4n) is 3.11. The van der Waals surface area contributed by atoms with Gasteiger partial charge in [0.25, 0.3) is 0 Å². The van der Waals surface area contributed by atoms with E-state index in [1.165, 1.54) is 18.4 Å². The van der Waals surface area contributed by atoms with Crippen molar-refractivity contribution in [1.29, 1.82) is 0 Å². The summed E-state index contributed by atoms with van der Waals surface area (Å²) in [7, 11) is 0. The highest BCUT2D eigenvalue weighted by atomic mass is 16.2. The molecule has 0 bridgehead atoms. The van der Waals surface area contributed by atoms with Gasteiger partial charge in [0.1, 0.15) is 0 Å². The van der Waals surface area contributed by atoms with Gasteiger partial charge in [0, 0.05) is 30.4 Å². The lowest BCUT2D eigenvalue weighted by atomic mass is 9.99. The standard InChI is InChI=1S/C15H21N3O/c16-12-4-5-14-11(10-12)3-6-15(19)18(14)9-7-13-2-1-8-17-13/h4-5,10,13,17H,1-3,6-9,16H2. The Morgan fingerprint density at radius 2 is 2.26 bits per heavy atom. The monoisotopic (exact) mass is 259 g/mol. The number of carbonyl (C=O) groups is 1. The summed E-state index contributed by atoms with van der Waals surface area (Å²) < 4.78 is 0. The molecule has 0 saturated carbocycles. The first-order valence-corrected chi connectivity index (χ1v) is 7.16. The van der Waals surface area contributed by atoms with E-state index in [1.54, 1.807) is 0 Å². The van der Waals surface area contributed by atoms with Crippen molar-refractivity contribution in [1.82, 2.24) is 5.32 Å². The van der Waals surface area contributed by atoms with E-state index in [0.717, 1.165) is 37.3 Å². The lowest BCUT2D eigenvalue weighted by molar-refractivity contribution is -0.118. The van der Waals surface area contributed by atoms with E-state index in [9.17, 15) is 4.79 Å². The van der Waals surface area contributed by atoms with Crippen molar-refractivity contribution in [3.8, 4) is 0 Å². The first-order chi connectivity index (χ1) is 9.24. The minimum Gasteiger partial charge on any atom is -0.399 e. The molecule has 1 aromatic carbocycles. The van der Waals surface area contributed by atoms with Crippen LogP contribution in [0.2, 0.25) is 0 Å². The summed E-state index contributed by atoms with van der Waals surface area (Å²) in [5.74, 6) is 0.246. The van der Waals surface area contributed by atoms with Crippen molar-refractivity contribution < 1.29 is 4.79 Å². The summed E-state index contributed by atoms with van der Waals surface area (Å²) in [6.45, 7) is 1.93. The van der Waals surface area contributed by atoms with Gasteiger partial charge in [-0.25, -0.2) is 0 Å². The van der Waals surface area contributed by atoms with Crippen LogP contribution in [0.4, 0.5) is 11.4 Å². The quantitative estimate of drug-likeness (QED) is 0.812. The maximum absolute atomic E-state index is 12.1. The maximum atomic E-state index is 12.1. The number of aryl methyl sites for hydroxylation is 1. The molecule has 3 N–H and O–H groups in total. The van der Waals surface area contributed by atoms with Crippen LogP contribution in [0, 0.1) is 0 Å². The van der Waals surface area contributed by atoms with E-state index in [-0.39, 0.29) is 5.91 Å². The third-order valence-electron chi connectivity index (χ3n) is 4.17. The fraction of sp³-hybridized carbons (Fsp3) is 0.533. The summed E-state index contributed by atoms with van der Waals surface area (Å²) in [4.78, 5) is 14.1. The van der Waals surface area contributed by atoms with Gasteiger partial charge in [0.2, 0.25) is 5.91 Å². The Balaban J connectivity index is 1.74. The number of amides is 1. The Bertz CT molecular complexity index is 480. The van der Waals surface area contributed by atoms with Crippen LogP contribution in [0.15, 0.2) is 18.2 Å². The lowest BCUT2D eigenvalue weighted by Gasteiger charge is -2.30. The zero-order valence-corrected chi connectivity index (χ0v) is 11.2. The van der Waals surface area contributed by atoms with Crippen LogP contribution in [-0.4, -0.2) is 25.0 Å². The van der Waals surface area contributed by atoms with Gasteiger partial charge in [-0.05, 0) is 56.0 Å². The first-order valence-electron chi connectivity index (χ1n) is 7.16. The lowest BCUT2D eigenvalue weighted by Crippen LogP contribution is -2.38. The normalized spacial score (nSPS) is 22.6. The molecule has 0 aliphatic carbocycles. The molecule has 102 valence electrons. The van der Waals surface area contributed by atoms with E-state index in [0.29, 0.717) is 12.5 Å². The average molecular weight is 259 g/mol. The number of rotatable bonds is 3. The number of nitrogens with zero attached hydrogens (tertiary/aromatic N) is 1. The van der Waals surface area contributed by atoms with Crippen LogP contribution in [0.1, 0.15) is 31.2 Å². The Kier molecular flexibility index (Phi) is 3.42. The van der Waals surface area contributed by atoms with E-state index < -0.39 is 0 Å². The Hall–Kier alpha value is -1.55. The molecule has 3 rings (SSSR count). The van der Waals surface area contributed by atoms with Gasteiger partial charge < -0.3 is 16.0 Å². The number of hydrogen-bond acceptors (Lipinski definition) is 3. The molecule has 19 heavy (non-hydrogen) atoms. The van der Waals surface area contributed by atoms with E-state index >= 15 is 0 Å². The second-order valence-electron chi connectivity index (χ2n) is 5.52. The van der Waals surface area contributed by atoms with E-state index in [4.69, 9.17) is 5.73 Å². The largest absolute Gasteiger partial charge is 0.399 e. The van der Waals surface area contributed by atoms with Gasteiger partial charge in [-0.15, -0.1) is 0 Å². The number of anilines is 2. The molecule has 1 aromatic rings. The second-order valence-corrected chi connectivity index (χ2v) is 5.52. The second kappa shape index (κ2) is 5.21. The third-order valence-corrected chi connectivity index (χ3v) is 4.17. The molecule has 1 saturated heterocycles. The smallest absolute Gasteiger partial charge is 0.227 e. The Morgan fingerprint density at radius 3 is 3.05 bits per heavy atom. The van der Waals surface area contributed by atoms with Crippen molar-refractivity contribution in [3.05, 3.63) is 23.8 Å². The molecule has 2 aliphatic rings. The molecule has 1 unspecified atom stereocenters. The minimum atomic E-state index is 0.246. The number of nitrogens with two attached hydrogens (primary N) is 1. The predicted octanol–water partition coefficient (Wildman–Crippen LogP) is 1.69. The highest BCUT2D eigenvalue weighted by molar-refractivity contribution is 5.96. The number of nitrogen functional groups attached to an aromatic ring is 1. The molecule has 2 heterocycles. The zero-order valence-electron chi connectivity index (χ0n) is 11.2. The molecule has 0 spiro atoms. The van der Waals surface area contributed by atoms with Gasteiger partial charge in [0.05, 0.1) is 0 Å². The van der Waals surface area contributed by atoms with Crippen molar-refractivity contribution in [2.75, 3.05) is 23.7 Å². The SMILES string of the molecule is Nc1ccc2c(c1)CCC(=O)N2CCC1CCCN1. The van der Waals surface area contributed by atoms with Gasteiger partial charge in [-0.1, -0.05) is 0 Å². The van der Waals surface area contributed by atoms with Crippen molar-refractivity contribution in [3.63, 3.8) is 0 Å². The van der Waals surface area contributed by atoms with Crippen molar-refractivity contribution in [2.24, 2.45) is 0 Å². The average Bonchev–Trinajstić information content (AvgIpc) is 2.91. The Morgan fingerprint density at radius 1 is 1.37 bits per heavy atom. The number of fused-ring (bicyclic) bond motifs is 1. The molecule has 4 nitrogen and oxygen atoms in total. The molecule has 1 atom stereocenters. The van der Waals surface area contributed by atoms with Gasteiger partial charge in [-0.2, -0.15) is 0 Å². The number of benzene rings is 1. The summed E-state index contributed by atoms with van der Waals surface area (Å²) in [6, 6.07) is 6.46.